The lowest BCUT2D eigenvalue weighted by Gasteiger charge is -2.16. The molecule has 4 aromatic rings. The van der Waals surface area contributed by atoms with Crippen molar-refractivity contribution < 1.29 is 9.13 Å². The van der Waals surface area contributed by atoms with Crippen LogP contribution in [-0.4, -0.2) is 54.1 Å². The molecule has 2 aromatic carbocycles. The van der Waals surface area contributed by atoms with Gasteiger partial charge in [0.1, 0.15) is 22.9 Å². The Hall–Kier alpha value is -3.58. The highest BCUT2D eigenvalue weighted by Gasteiger charge is 2.16. The van der Waals surface area contributed by atoms with E-state index in [4.69, 9.17) is 14.7 Å². The maximum absolute atomic E-state index is 13.9. The zero-order valence-electron chi connectivity index (χ0n) is 18.5. The molecule has 32 heavy (non-hydrogen) atoms. The number of hydrogen-bond donors (Lipinski definition) is 1. The van der Waals surface area contributed by atoms with Gasteiger partial charge in [-0.1, -0.05) is 12.1 Å². The maximum atomic E-state index is 13.9. The molecule has 7 heteroatoms. The number of fused-ring (bicyclic) bond motifs is 1. The summed E-state index contributed by atoms with van der Waals surface area (Å²) in [6, 6.07) is 14.2. The molecular weight excluding hydrogens is 405 g/mol. The molecule has 4 rings (SSSR count). The zero-order chi connectivity index (χ0) is 22.5. The quantitative estimate of drug-likeness (QED) is 0.402. The molecule has 0 amide bonds. The number of hydrogen-bond acceptors (Lipinski definition) is 6. The highest BCUT2D eigenvalue weighted by Crippen LogP contribution is 2.36. The SMILES string of the molecule is CNc1nc(-c2cccnc2)nc2c(OCCCN(C)C)cc(-c3cccc(F)c3)cc12. The molecule has 0 aliphatic rings. The second-order valence-electron chi connectivity index (χ2n) is 7.77. The van der Waals surface area contributed by atoms with Gasteiger partial charge in [-0.2, -0.15) is 0 Å². The molecule has 0 bridgehead atoms. The van der Waals surface area contributed by atoms with E-state index >= 15 is 0 Å². The fourth-order valence-electron chi connectivity index (χ4n) is 3.52. The lowest BCUT2D eigenvalue weighted by molar-refractivity contribution is 0.284. The number of anilines is 1. The molecule has 0 fully saturated rings. The first-order valence-corrected chi connectivity index (χ1v) is 10.5. The maximum Gasteiger partial charge on any atom is 0.163 e. The van der Waals surface area contributed by atoms with Gasteiger partial charge >= 0.3 is 0 Å². The summed E-state index contributed by atoms with van der Waals surface area (Å²) in [5.41, 5.74) is 3.13. The van der Waals surface area contributed by atoms with Crippen LogP contribution in [0.5, 0.6) is 5.75 Å². The van der Waals surface area contributed by atoms with Crippen molar-refractivity contribution in [2.75, 3.05) is 39.6 Å². The Balaban J connectivity index is 1.85. The van der Waals surface area contributed by atoms with Crippen molar-refractivity contribution >= 4 is 16.7 Å². The Morgan fingerprint density at radius 1 is 1.00 bits per heavy atom. The Morgan fingerprint density at radius 3 is 2.56 bits per heavy atom. The van der Waals surface area contributed by atoms with Crippen LogP contribution in [-0.2, 0) is 0 Å². The minimum atomic E-state index is -0.284. The zero-order valence-corrected chi connectivity index (χ0v) is 18.5. The number of pyridine rings is 1. The Labute approximate surface area is 187 Å². The van der Waals surface area contributed by atoms with Gasteiger partial charge in [-0.3, -0.25) is 4.98 Å². The fraction of sp³-hybridized carbons (Fsp3) is 0.240. The number of nitrogens with zero attached hydrogens (tertiary/aromatic N) is 4. The number of nitrogens with one attached hydrogen (secondary N) is 1. The normalized spacial score (nSPS) is 11.2. The minimum Gasteiger partial charge on any atom is -0.491 e. The number of ether oxygens (including phenoxy) is 1. The van der Waals surface area contributed by atoms with Gasteiger partial charge in [0.25, 0.3) is 0 Å². The first kappa shape index (κ1) is 21.6. The van der Waals surface area contributed by atoms with Crippen LogP contribution in [0.15, 0.2) is 60.9 Å². The van der Waals surface area contributed by atoms with Crippen LogP contribution in [0.1, 0.15) is 6.42 Å². The highest BCUT2D eigenvalue weighted by molar-refractivity contribution is 5.97. The second-order valence-corrected chi connectivity index (χ2v) is 7.77. The third kappa shape index (κ3) is 4.84. The summed E-state index contributed by atoms with van der Waals surface area (Å²) in [5, 5.41) is 3.98. The van der Waals surface area contributed by atoms with Crippen LogP contribution in [0.3, 0.4) is 0 Å². The third-order valence-corrected chi connectivity index (χ3v) is 5.09. The number of rotatable bonds is 8. The summed E-state index contributed by atoms with van der Waals surface area (Å²) in [6.45, 7) is 1.46. The molecule has 0 aliphatic carbocycles. The lowest BCUT2D eigenvalue weighted by atomic mass is 10.0. The van der Waals surface area contributed by atoms with Gasteiger partial charge in [0, 0.05) is 36.9 Å². The second kappa shape index (κ2) is 9.70. The summed E-state index contributed by atoms with van der Waals surface area (Å²) in [5.74, 6) is 1.59. The Bertz CT molecular complexity index is 1210. The van der Waals surface area contributed by atoms with E-state index in [1.165, 1.54) is 12.1 Å². The van der Waals surface area contributed by atoms with Crippen molar-refractivity contribution in [3.63, 3.8) is 0 Å². The largest absolute Gasteiger partial charge is 0.491 e. The molecular formula is C25H26FN5O. The predicted octanol–water partition coefficient (Wildman–Crippen LogP) is 4.87. The average molecular weight is 432 g/mol. The molecule has 0 atom stereocenters. The molecule has 1 N–H and O–H groups in total. The third-order valence-electron chi connectivity index (χ3n) is 5.09. The van der Waals surface area contributed by atoms with Crippen LogP contribution >= 0.6 is 0 Å². The van der Waals surface area contributed by atoms with E-state index in [2.05, 4.69) is 15.2 Å². The van der Waals surface area contributed by atoms with Crippen LogP contribution in [0.2, 0.25) is 0 Å². The van der Waals surface area contributed by atoms with Gasteiger partial charge < -0.3 is 15.0 Å². The number of aromatic nitrogens is 3. The molecule has 0 spiro atoms. The summed E-state index contributed by atoms with van der Waals surface area (Å²) in [6.07, 6.45) is 4.32. The minimum absolute atomic E-state index is 0.284. The molecule has 6 nitrogen and oxygen atoms in total. The van der Waals surface area contributed by atoms with Crippen molar-refractivity contribution in [1.29, 1.82) is 0 Å². The van der Waals surface area contributed by atoms with Gasteiger partial charge in [-0.25, -0.2) is 14.4 Å². The van der Waals surface area contributed by atoms with Crippen molar-refractivity contribution in [2.45, 2.75) is 6.42 Å². The fourth-order valence-corrected chi connectivity index (χ4v) is 3.52. The van der Waals surface area contributed by atoms with E-state index in [1.807, 2.05) is 51.5 Å². The van der Waals surface area contributed by atoms with Gasteiger partial charge in [-0.15, -0.1) is 0 Å². The molecule has 0 radical (unpaired) electrons. The van der Waals surface area contributed by atoms with Crippen molar-refractivity contribution in [2.24, 2.45) is 0 Å². The van der Waals surface area contributed by atoms with Gasteiger partial charge in [0.05, 0.1) is 6.61 Å². The summed E-state index contributed by atoms with van der Waals surface area (Å²) < 4.78 is 20.1. The summed E-state index contributed by atoms with van der Waals surface area (Å²) in [7, 11) is 5.89. The topological polar surface area (TPSA) is 63.2 Å². The van der Waals surface area contributed by atoms with E-state index in [1.54, 1.807) is 18.5 Å². The molecule has 0 saturated heterocycles. The average Bonchev–Trinajstić information content (AvgIpc) is 2.81. The smallest absolute Gasteiger partial charge is 0.163 e. The van der Waals surface area contributed by atoms with Crippen LogP contribution in [0.25, 0.3) is 33.4 Å². The Kier molecular flexibility index (Phi) is 6.56. The number of benzene rings is 2. The van der Waals surface area contributed by atoms with Crippen molar-refractivity contribution in [1.82, 2.24) is 19.9 Å². The monoisotopic (exact) mass is 431 g/mol. The predicted molar refractivity (Wildman–Crippen MR) is 126 cm³/mol. The van der Waals surface area contributed by atoms with Crippen LogP contribution < -0.4 is 10.1 Å². The van der Waals surface area contributed by atoms with Gasteiger partial charge in [0.2, 0.25) is 0 Å². The van der Waals surface area contributed by atoms with Gasteiger partial charge in [-0.05, 0) is 68.0 Å². The van der Waals surface area contributed by atoms with E-state index in [9.17, 15) is 4.39 Å². The summed E-state index contributed by atoms with van der Waals surface area (Å²) in [4.78, 5) is 15.8. The standard InChI is InChI=1S/C25H26FN5O/c1-27-25-21-14-19(17-7-4-9-20(26)13-17)15-22(32-12-6-11-31(2)3)23(21)29-24(30-25)18-8-5-10-28-16-18/h4-5,7-10,13-16H,6,11-12H2,1-3H3,(H,27,29,30). The first-order valence-electron chi connectivity index (χ1n) is 10.5. The molecule has 0 unspecified atom stereocenters. The molecule has 2 heterocycles. The van der Waals surface area contributed by atoms with Crippen molar-refractivity contribution in [3.8, 4) is 28.3 Å². The van der Waals surface area contributed by atoms with Gasteiger partial charge in [0.15, 0.2) is 5.82 Å². The molecule has 0 aliphatic heterocycles. The van der Waals surface area contributed by atoms with E-state index in [-0.39, 0.29) is 5.82 Å². The lowest BCUT2D eigenvalue weighted by Crippen LogP contribution is -2.15. The highest BCUT2D eigenvalue weighted by atomic mass is 19.1. The van der Waals surface area contributed by atoms with E-state index in [0.717, 1.165) is 35.0 Å². The van der Waals surface area contributed by atoms with Crippen LogP contribution in [0, 0.1) is 5.82 Å². The Morgan fingerprint density at radius 2 is 1.84 bits per heavy atom. The van der Waals surface area contributed by atoms with E-state index in [0.29, 0.717) is 29.5 Å². The molecule has 2 aromatic heterocycles. The molecule has 0 saturated carbocycles. The van der Waals surface area contributed by atoms with Crippen LogP contribution in [0.4, 0.5) is 10.2 Å². The summed E-state index contributed by atoms with van der Waals surface area (Å²) >= 11 is 0. The van der Waals surface area contributed by atoms with Crippen molar-refractivity contribution in [3.05, 3.63) is 66.7 Å². The number of halogens is 1. The van der Waals surface area contributed by atoms with E-state index < -0.39 is 0 Å². The first-order chi connectivity index (χ1) is 15.5. The molecule has 164 valence electrons.